The van der Waals surface area contributed by atoms with Crippen molar-refractivity contribution < 1.29 is 9.47 Å². The molecule has 0 saturated heterocycles. The molecule has 0 amide bonds. The quantitative estimate of drug-likeness (QED) is 0.845. The summed E-state index contributed by atoms with van der Waals surface area (Å²) in [6, 6.07) is 0.491. The predicted molar refractivity (Wildman–Crippen MR) is 65.5 cm³/mol. The van der Waals surface area contributed by atoms with Crippen molar-refractivity contribution in [1.29, 1.82) is 0 Å². The first-order valence-corrected chi connectivity index (χ1v) is 5.52. The number of nitrogens with zero attached hydrogens (tertiary/aromatic N) is 3. The van der Waals surface area contributed by atoms with E-state index in [0.29, 0.717) is 5.95 Å². The number of rotatable bonds is 5. The van der Waals surface area contributed by atoms with Crippen LogP contribution in [0.2, 0.25) is 0 Å². The van der Waals surface area contributed by atoms with Crippen LogP contribution in [0.1, 0.15) is 27.2 Å². The van der Waals surface area contributed by atoms with Crippen molar-refractivity contribution in [3.63, 3.8) is 0 Å². The molecule has 0 aliphatic heterocycles. The van der Waals surface area contributed by atoms with Crippen molar-refractivity contribution in [2.24, 2.45) is 5.41 Å². The van der Waals surface area contributed by atoms with Crippen molar-refractivity contribution in [2.75, 3.05) is 26.1 Å². The Morgan fingerprint density at radius 3 is 1.94 bits per heavy atom. The highest BCUT2D eigenvalue weighted by Crippen LogP contribution is 2.18. The van der Waals surface area contributed by atoms with Crippen molar-refractivity contribution >= 4 is 5.95 Å². The van der Waals surface area contributed by atoms with Crippen LogP contribution in [0.25, 0.3) is 0 Å². The summed E-state index contributed by atoms with van der Waals surface area (Å²) >= 11 is 0. The molecule has 0 fully saturated rings. The van der Waals surface area contributed by atoms with Gasteiger partial charge < -0.3 is 14.8 Å². The smallest absolute Gasteiger partial charge is 0.324 e. The van der Waals surface area contributed by atoms with E-state index in [1.807, 2.05) is 0 Å². The number of aromatic nitrogens is 3. The van der Waals surface area contributed by atoms with E-state index < -0.39 is 0 Å². The first-order chi connectivity index (χ1) is 7.94. The van der Waals surface area contributed by atoms with Crippen molar-refractivity contribution in [2.45, 2.75) is 27.2 Å². The fourth-order valence-electron chi connectivity index (χ4n) is 1.15. The van der Waals surface area contributed by atoms with E-state index >= 15 is 0 Å². The molecular formula is C11H20N4O2. The van der Waals surface area contributed by atoms with Crippen LogP contribution in [0.3, 0.4) is 0 Å². The first kappa shape index (κ1) is 13.5. The van der Waals surface area contributed by atoms with E-state index in [0.717, 1.165) is 13.0 Å². The number of anilines is 1. The first-order valence-electron chi connectivity index (χ1n) is 5.52. The Balaban J connectivity index is 2.64. The molecular weight excluding hydrogens is 220 g/mol. The highest BCUT2D eigenvalue weighted by atomic mass is 16.5. The predicted octanol–water partition coefficient (Wildman–Crippen LogP) is 1.74. The average molecular weight is 240 g/mol. The lowest BCUT2D eigenvalue weighted by atomic mass is 9.92. The molecule has 0 spiro atoms. The summed E-state index contributed by atoms with van der Waals surface area (Å²) in [5.74, 6) is 0.470. The van der Waals surface area contributed by atoms with Crippen LogP contribution in [0.4, 0.5) is 5.95 Å². The second kappa shape index (κ2) is 5.65. The van der Waals surface area contributed by atoms with Gasteiger partial charge in [0.25, 0.3) is 0 Å². The summed E-state index contributed by atoms with van der Waals surface area (Å²) in [7, 11) is 3.02. The van der Waals surface area contributed by atoms with Crippen LogP contribution in [0.15, 0.2) is 0 Å². The second-order valence-corrected chi connectivity index (χ2v) is 4.87. The van der Waals surface area contributed by atoms with Gasteiger partial charge in [0, 0.05) is 6.54 Å². The lowest BCUT2D eigenvalue weighted by Crippen LogP contribution is -2.14. The van der Waals surface area contributed by atoms with Gasteiger partial charge in [-0.1, -0.05) is 20.8 Å². The Kier molecular flexibility index (Phi) is 4.48. The third-order valence-corrected chi connectivity index (χ3v) is 2.12. The zero-order valence-electron chi connectivity index (χ0n) is 11.1. The molecule has 17 heavy (non-hydrogen) atoms. The molecule has 0 aliphatic rings. The molecule has 96 valence electrons. The fourth-order valence-corrected chi connectivity index (χ4v) is 1.15. The zero-order valence-corrected chi connectivity index (χ0v) is 11.1. The standard InChI is InChI=1S/C11H20N4O2/c1-11(2,3)6-7-12-8-13-9(16-4)15-10(14-8)17-5/h6-7H2,1-5H3,(H,12,13,14,15). The largest absolute Gasteiger partial charge is 0.467 e. The van der Waals surface area contributed by atoms with E-state index in [2.05, 4.69) is 41.0 Å². The van der Waals surface area contributed by atoms with Gasteiger partial charge in [-0.3, -0.25) is 0 Å². The van der Waals surface area contributed by atoms with E-state index in [-0.39, 0.29) is 17.4 Å². The Hall–Kier alpha value is -1.59. The van der Waals surface area contributed by atoms with E-state index in [9.17, 15) is 0 Å². The summed E-state index contributed by atoms with van der Waals surface area (Å²) in [5.41, 5.74) is 0.272. The minimum absolute atomic E-state index is 0.245. The summed E-state index contributed by atoms with van der Waals surface area (Å²) in [6.45, 7) is 7.34. The SMILES string of the molecule is COc1nc(NCCC(C)(C)C)nc(OC)n1. The van der Waals surface area contributed by atoms with E-state index in [1.54, 1.807) is 0 Å². The van der Waals surface area contributed by atoms with Crippen LogP contribution in [0.5, 0.6) is 12.0 Å². The summed E-state index contributed by atoms with van der Waals surface area (Å²) in [6.07, 6.45) is 1.02. The van der Waals surface area contributed by atoms with E-state index in [4.69, 9.17) is 9.47 Å². The minimum atomic E-state index is 0.245. The lowest BCUT2D eigenvalue weighted by molar-refractivity contribution is 0.340. The Morgan fingerprint density at radius 1 is 1.00 bits per heavy atom. The van der Waals surface area contributed by atoms with Crippen LogP contribution >= 0.6 is 0 Å². The van der Waals surface area contributed by atoms with Gasteiger partial charge in [0.05, 0.1) is 14.2 Å². The summed E-state index contributed by atoms with van der Waals surface area (Å²) in [5, 5.41) is 3.13. The van der Waals surface area contributed by atoms with Crippen LogP contribution in [0, 0.1) is 5.41 Å². The molecule has 0 atom stereocenters. The normalized spacial score (nSPS) is 11.1. The van der Waals surface area contributed by atoms with Crippen LogP contribution in [-0.2, 0) is 0 Å². The molecule has 0 unspecified atom stereocenters. The van der Waals surface area contributed by atoms with Gasteiger partial charge in [0.1, 0.15) is 0 Å². The molecule has 0 aromatic carbocycles. The van der Waals surface area contributed by atoms with Gasteiger partial charge in [-0.05, 0) is 11.8 Å². The highest BCUT2D eigenvalue weighted by Gasteiger charge is 2.11. The lowest BCUT2D eigenvalue weighted by Gasteiger charge is -2.18. The van der Waals surface area contributed by atoms with Gasteiger partial charge >= 0.3 is 12.0 Å². The van der Waals surface area contributed by atoms with Gasteiger partial charge in [-0.15, -0.1) is 4.98 Å². The van der Waals surface area contributed by atoms with Crippen molar-refractivity contribution in [3.05, 3.63) is 0 Å². The maximum absolute atomic E-state index is 4.96. The third-order valence-electron chi connectivity index (χ3n) is 2.12. The Labute approximate surface area is 102 Å². The molecule has 0 radical (unpaired) electrons. The molecule has 1 heterocycles. The molecule has 1 aromatic heterocycles. The molecule has 1 N–H and O–H groups in total. The maximum atomic E-state index is 4.96. The number of nitrogens with one attached hydrogen (secondary N) is 1. The van der Waals surface area contributed by atoms with Crippen molar-refractivity contribution in [3.8, 4) is 12.0 Å². The molecule has 1 aromatic rings. The molecule has 0 bridgehead atoms. The van der Waals surface area contributed by atoms with Gasteiger partial charge in [-0.2, -0.15) is 9.97 Å². The molecule has 6 heteroatoms. The summed E-state index contributed by atoms with van der Waals surface area (Å²) < 4.78 is 9.92. The minimum Gasteiger partial charge on any atom is -0.467 e. The topological polar surface area (TPSA) is 69.2 Å². The molecule has 6 nitrogen and oxygen atoms in total. The van der Waals surface area contributed by atoms with Gasteiger partial charge in [0.2, 0.25) is 5.95 Å². The van der Waals surface area contributed by atoms with Crippen molar-refractivity contribution in [1.82, 2.24) is 15.0 Å². The molecule has 1 rings (SSSR count). The highest BCUT2D eigenvalue weighted by molar-refractivity contribution is 5.27. The van der Waals surface area contributed by atoms with Crippen LogP contribution < -0.4 is 14.8 Å². The maximum Gasteiger partial charge on any atom is 0.324 e. The fraction of sp³-hybridized carbons (Fsp3) is 0.727. The van der Waals surface area contributed by atoms with Gasteiger partial charge in [-0.25, -0.2) is 0 Å². The number of methoxy groups -OCH3 is 2. The molecule has 0 saturated carbocycles. The number of hydrogen-bond donors (Lipinski definition) is 1. The average Bonchev–Trinajstić information content (AvgIpc) is 2.26. The van der Waals surface area contributed by atoms with Crippen LogP contribution in [-0.4, -0.2) is 35.7 Å². The zero-order chi connectivity index (χ0) is 12.9. The monoisotopic (exact) mass is 240 g/mol. The van der Waals surface area contributed by atoms with E-state index in [1.165, 1.54) is 14.2 Å². The number of ether oxygens (including phenoxy) is 2. The van der Waals surface area contributed by atoms with Gasteiger partial charge in [0.15, 0.2) is 0 Å². The Morgan fingerprint density at radius 2 is 1.53 bits per heavy atom. The third kappa shape index (κ3) is 4.84. The Bertz CT molecular complexity index is 341. The number of hydrogen-bond acceptors (Lipinski definition) is 6. The summed E-state index contributed by atoms with van der Waals surface area (Å²) in [4.78, 5) is 12.1. The molecule has 0 aliphatic carbocycles. The second-order valence-electron chi connectivity index (χ2n) is 4.87.